The lowest BCUT2D eigenvalue weighted by atomic mass is 9.76. The monoisotopic (exact) mass is 284 g/mol. The van der Waals surface area contributed by atoms with Crippen LogP contribution in [0, 0.1) is 5.41 Å². The standard InChI is InChI=1S/C16H28O4/c1-3-17-13-9-12(14-10-18-15(13)20-14)19-11-16(2)7-5-4-6-8-16/h12-15H,3-11H2,1-2H3/t12-,13+,14+,15?/m0/s1. The molecule has 3 aliphatic rings. The third-order valence-corrected chi connectivity index (χ3v) is 5.00. The molecule has 0 aromatic rings. The first kappa shape index (κ1) is 14.8. The molecule has 0 spiro atoms. The molecule has 0 amide bonds. The highest BCUT2D eigenvalue weighted by Gasteiger charge is 2.45. The van der Waals surface area contributed by atoms with Gasteiger partial charge in [-0.05, 0) is 25.2 Å². The zero-order valence-corrected chi connectivity index (χ0v) is 12.8. The first-order valence-electron chi connectivity index (χ1n) is 8.20. The van der Waals surface area contributed by atoms with Gasteiger partial charge in [-0.15, -0.1) is 0 Å². The number of hydrogen-bond acceptors (Lipinski definition) is 4. The van der Waals surface area contributed by atoms with E-state index < -0.39 is 0 Å². The molecular formula is C16H28O4. The highest BCUT2D eigenvalue weighted by molar-refractivity contribution is 4.89. The fourth-order valence-corrected chi connectivity index (χ4v) is 3.72. The molecule has 0 N–H and O–H groups in total. The normalized spacial score (nSPS) is 39.9. The van der Waals surface area contributed by atoms with Crippen molar-refractivity contribution >= 4 is 0 Å². The maximum absolute atomic E-state index is 6.25. The van der Waals surface area contributed by atoms with Crippen LogP contribution in [0.5, 0.6) is 0 Å². The summed E-state index contributed by atoms with van der Waals surface area (Å²) in [6.07, 6.45) is 7.64. The fraction of sp³-hybridized carbons (Fsp3) is 1.00. The lowest BCUT2D eigenvalue weighted by Crippen LogP contribution is -2.45. The van der Waals surface area contributed by atoms with Crippen LogP contribution in [0.15, 0.2) is 0 Å². The predicted octanol–water partition coefficient (Wildman–Crippen LogP) is 2.89. The summed E-state index contributed by atoms with van der Waals surface area (Å²) in [4.78, 5) is 0. The Morgan fingerprint density at radius 3 is 2.65 bits per heavy atom. The van der Waals surface area contributed by atoms with Crippen molar-refractivity contribution in [3.8, 4) is 0 Å². The number of rotatable bonds is 5. The zero-order valence-electron chi connectivity index (χ0n) is 12.8. The molecule has 4 heteroatoms. The van der Waals surface area contributed by atoms with Crippen molar-refractivity contribution in [3.05, 3.63) is 0 Å². The predicted molar refractivity (Wildman–Crippen MR) is 75.6 cm³/mol. The summed E-state index contributed by atoms with van der Waals surface area (Å²) in [5.74, 6) is 0. The van der Waals surface area contributed by atoms with Gasteiger partial charge in [0.05, 0.1) is 19.3 Å². The van der Waals surface area contributed by atoms with Gasteiger partial charge in [0.25, 0.3) is 0 Å². The quantitative estimate of drug-likeness (QED) is 0.778. The molecular weight excluding hydrogens is 256 g/mol. The summed E-state index contributed by atoms with van der Waals surface area (Å²) in [7, 11) is 0. The minimum absolute atomic E-state index is 0.0305. The van der Waals surface area contributed by atoms with Crippen LogP contribution >= 0.6 is 0 Å². The number of fused-ring (bicyclic) bond motifs is 2. The van der Waals surface area contributed by atoms with Gasteiger partial charge in [0.1, 0.15) is 12.2 Å². The first-order valence-corrected chi connectivity index (χ1v) is 8.20. The van der Waals surface area contributed by atoms with Gasteiger partial charge >= 0.3 is 0 Å². The van der Waals surface area contributed by atoms with E-state index in [1.807, 2.05) is 6.92 Å². The van der Waals surface area contributed by atoms with E-state index >= 15 is 0 Å². The molecule has 0 aromatic heterocycles. The third kappa shape index (κ3) is 3.19. The van der Waals surface area contributed by atoms with Crippen LogP contribution in [0.1, 0.15) is 52.4 Å². The van der Waals surface area contributed by atoms with Crippen LogP contribution < -0.4 is 0 Å². The van der Waals surface area contributed by atoms with Gasteiger partial charge in [0.2, 0.25) is 0 Å². The van der Waals surface area contributed by atoms with Gasteiger partial charge in [-0.2, -0.15) is 0 Å². The van der Waals surface area contributed by atoms with Crippen LogP contribution in [0.4, 0.5) is 0 Å². The van der Waals surface area contributed by atoms with E-state index in [0.29, 0.717) is 18.6 Å². The average molecular weight is 284 g/mol. The van der Waals surface area contributed by atoms with Gasteiger partial charge in [0.15, 0.2) is 6.29 Å². The Balaban J connectivity index is 1.53. The molecule has 2 heterocycles. The molecule has 0 radical (unpaired) electrons. The summed E-state index contributed by atoms with van der Waals surface area (Å²) in [5.41, 5.74) is 0.357. The number of ether oxygens (including phenoxy) is 4. The van der Waals surface area contributed by atoms with E-state index in [2.05, 4.69) is 6.92 Å². The molecule has 0 aromatic carbocycles. The van der Waals surface area contributed by atoms with Crippen LogP contribution in [0.3, 0.4) is 0 Å². The van der Waals surface area contributed by atoms with E-state index in [1.54, 1.807) is 0 Å². The Morgan fingerprint density at radius 1 is 1.10 bits per heavy atom. The maximum atomic E-state index is 6.25. The molecule has 3 fully saturated rings. The van der Waals surface area contributed by atoms with Crippen molar-refractivity contribution in [2.45, 2.75) is 77.0 Å². The van der Waals surface area contributed by atoms with Crippen molar-refractivity contribution in [3.63, 3.8) is 0 Å². The molecule has 1 aliphatic carbocycles. The molecule has 2 saturated heterocycles. The van der Waals surface area contributed by atoms with Gasteiger partial charge in [-0.3, -0.25) is 0 Å². The van der Waals surface area contributed by atoms with E-state index in [0.717, 1.165) is 13.0 Å². The zero-order chi connectivity index (χ0) is 14.0. The lowest BCUT2D eigenvalue weighted by Gasteiger charge is -2.38. The van der Waals surface area contributed by atoms with E-state index in [4.69, 9.17) is 18.9 Å². The minimum atomic E-state index is -0.176. The minimum Gasteiger partial charge on any atom is -0.375 e. The Bertz CT molecular complexity index is 314. The molecule has 2 bridgehead atoms. The first-order chi connectivity index (χ1) is 9.70. The molecule has 2 aliphatic heterocycles. The summed E-state index contributed by atoms with van der Waals surface area (Å²) < 4.78 is 23.5. The second kappa shape index (κ2) is 6.30. The Labute approximate surface area is 122 Å². The summed E-state index contributed by atoms with van der Waals surface area (Å²) in [6.45, 7) is 6.57. The highest BCUT2D eigenvalue weighted by Crippen LogP contribution is 2.38. The second-order valence-electron chi connectivity index (χ2n) is 6.83. The fourth-order valence-electron chi connectivity index (χ4n) is 3.72. The van der Waals surface area contributed by atoms with Gasteiger partial charge in [0, 0.05) is 13.0 Å². The number of hydrogen-bond donors (Lipinski definition) is 0. The topological polar surface area (TPSA) is 36.9 Å². The molecule has 4 nitrogen and oxygen atoms in total. The molecule has 4 atom stereocenters. The smallest absolute Gasteiger partial charge is 0.184 e. The average Bonchev–Trinajstić information content (AvgIpc) is 2.87. The van der Waals surface area contributed by atoms with Crippen LogP contribution in [-0.2, 0) is 18.9 Å². The SMILES string of the molecule is CCO[C@@H]1C[C@H](OCC2(C)CCCCC2)[C@H]2COC1O2. The Hall–Kier alpha value is -0.160. The van der Waals surface area contributed by atoms with Crippen molar-refractivity contribution < 1.29 is 18.9 Å². The van der Waals surface area contributed by atoms with Crippen LogP contribution in [0.2, 0.25) is 0 Å². The van der Waals surface area contributed by atoms with Crippen molar-refractivity contribution in [2.75, 3.05) is 19.8 Å². The van der Waals surface area contributed by atoms with E-state index in [9.17, 15) is 0 Å². The van der Waals surface area contributed by atoms with Crippen LogP contribution in [0.25, 0.3) is 0 Å². The Kier molecular flexibility index (Phi) is 4.65. The summed E-state index contributed by atoms with van der Waals surface area (Å²) in [5, 5.41) is 0. The Morgan fingerprint density at radius 2 is 1.90 bits per heavy atom. The largest absolute Gasteiger partial charge is 0.375 e. The highest BCUT2D eigenvalue weighted by atomic mass is 16.8. The molecule has 1 saturated carbocycles. The van der Waals surface area contributed by atoms with E-state index in [1.165, 1.54) is 32.1 Å². The molecule has 1 unspecified atom stereocenters. The molecule has 20 heavy (non-hydrogen) atoms. The van der Waals surface area contributed by atoms with Crippen molar-refractivity contribution in [1.29, 1.82) is 0 Å². The molecule has 3 rings (SSSR count). The maximum Gasteiger partial charge on any atom is 0.184 e. The second-order valence-corrected chi connectivity index (χ2v) is 6.83. The van der Waals surface area contributed by atoms with Crippen molar-refractivity contribution in [2.24, 2.45) is 5.41 Å². The van der Waals surface area contributed by atoms with Gasteiger partial charge < -0.3 is 18.9 Å². The summed E-state index contributed by atoms with van der Waals surface area (Å²) >= 11 is 0. The molecule has 116 valence electrons. The van der Waals surface area contributed by atoms with Gasteiger partial charge in [-0.1, -0.05) is 26.2 Å². The summed E-state index contributed by atoms with van der Waals surface area (Å²) in [6, 6.07) is 0. The van der Waals surface area contributed by atoms with Crippen molar-refractivity contribution in [1.82, 2.24) is 0 Å². The third-order valence-electron chi connectivity index (χ3n) is 5.00. The van der Waals surface area contributed by atoms with E-state index in [-0.39, 0.29) is 24.6 Å². The van der Waals surface area contributed by atoms with Gasteiger partial charge in [-0.25, -0.2) is 0 Å². The lowest BCUT2D eigenvalue weighted by molar-refractivity contribution is -0.209. The van der Waals surface area contributed by atoms with Crippen LogP contribution in [-0.4, -0.2) is 44.4 Å².